The van der Waals surface area contributed by atoms with Crippen LogP contribution in [0.4, 0.5) is 0 Å². The predicted molar refractivity (Wildman–Crippen MR) is 94.4 cm³/mol. The molecule has 0 aromatic rings. The van der Waals surface area contributed by atoms with Gasteiger partial charge in [-0.3, -0.25) is 0 Å². The second-order valence-electron chi connectivity index (χ2n) is 9.06. The number of hydrogen-bond acceptors (Lipinski definition) is 0. The maximum absolute atomic E-state index is 2.65. The van der Waals surface area contributed by atoms with Crippen molar-refractivity contribution >= 4 is 0 Å². The lowest BCUT2D eigenvalue weighted by Crippen LogP contribution is -2.51. The molecule has 2 rings (SSSR count). The zero-order chi connectivity index (χ0) is 15.7. The van der Waals surface area contributed by atoms with Crippen LogP contribution >= 0.6 is 0 Å². The van der Waals surface area contributed by atoms with Crippen LogP contribution in [-0.4, -0.2) is 0 Å². The van der Waals surface area contributed by atoms with Gasteiger partial charge in [0.15, 0.2) is 0 Å². The molecule has 0 heterocycles. The lowest BCUT2D eigenvalue weighted by Gasteiger charge is -2.59. The van der Waals surface area contributed by atoms with Gasteiger partial charge in [0.2, 0.25) is 0 Å². The van der Waals surface area contributed by atoms with Crippen LogP contribution in [0.5, 0.6) is 0 Å². The fourth-order valence-electron chi connectivity index (χ4n) is 6.06. The Labute approximate surface area is 133 Å². The lowest BCUT2D eigenvalue weighted by molar-refractivity contribution is -0.0957. The SMILES string of the molecule is CC/C=C(\C)CCC1C(C)CCC2C(C)(C)CCC[C@]12C. The Bertz CT molecular complexity index is 375. The Morgan fingerprint density at radius 1 is 1.14 bits per heavy atom. The first-order valence-corrected chi connectivity index (χ1v) is 9.47. The minimum Gasteiger partial charge on any atom is -0.0859 e. The Balaban J connectivity index is 2.15. The molecule has 0 aromatic heterocycles. The molecule has 0 heteroatoms. The van der Waals surface area contributed by atoms with E-state index in [2.05, 4.69) is 47.6 Å². The number of hydrogen-bond donors (Lipinski definition) is 0. The quantitative estimate of drug-likeness (QED) is 0.489. The lowest BCUT2D eigenvalue weighted by atomic mass is 9.46. The van der Waals surface area contributed by atoms with Crippen molar-refractivity contribution in [2.45, 2.75) is 92.9 Å². The molecule has 0 aliphatic heterocycles. The van der Waals surface area contributed by atoms with E-state index in [1.165, 1.54) is 51.4 Å². The molecule has 0 amide bonds. The molecule has 2 fully saturated rings. The van der Waals surface area contributed by atoms with Crippen molar-refractivity contribution in [2.75, 3.05) is 0 Å². The molecule has 0 N–H and O–H groups in total. The monoisotopic (exact) mass is 290 g/mol. The third-order valence-electron chi connectivity index (χ3n) is 7.12. The molecule has 0 saturated heterocycles. The summed E-state index contributed by atoms with van der Waals surface area (Å²) in [6.07, 6.45) is 13.7. The average molecular weight is 291 g/mol. The van der Waals surface area contributed by atoms with Gasteiger partial charge in [-0.15, -0.1) is 0 Å². The molecule has 122 valence electrons. The summed E-state index contributed by atoms with van der Waals surface area (Å²) in [5.41, 5.74) is 2.79. The van der Waals surface area contributed by atoms with Crippen LogP contribution in [0, 0.1) is 28.6 Å². The Morgan fingerprint density at radius 2 is 1.86 bits per heavy atom. The van der Waals surface area contributed by atoms with Gasteiger partial charge in [-0.25, -0.2) is 0 Å². The smallest absolute Gasteiger partial charge is 0.0261 e. The maximum Gasteiger partial charge on any atom is -0.0261 e. The summed E-state index contributed by atoms with van der Waals surface area (Å²) in [5, 5.41) is 0. The third kappa shape index (κ3) is 3.40. The van der Waals surface area contributed by atoms with Crippen molar-refractivity contribution in [1.29, 1.82) is 0 Å². The van der Waals surface area contributed by atoms with Gasteiger partial charge in [0.05, 0.1) is 0 Å². The molecular weight excluding hydrogens is 252 g/mol. The molecule has 0 nitrogen and oxygen atoms in total. The van der Waals surface area contributed by atoms with E-state index in [0.29, 0.717) is 10.8 Å². The van der Waals surface area contributed by atoms with Gasteiger partial charge in [0.25, 0.3) is 0 Å². The van der Waals surface area contributed by atoms with E-state index in [0.717, 1.165) is 17.8 Å². The molecule has 0 radical (unpaired) electrons. The second kappa shape index (κ2) is 6.47. The molecule has 4 atom stereocenters. The summed E-state index contributed by atoms with van der Waals surface area (Å²) in [6.45, 7) is 14.9. The highest BCUT2D eigenvalue weighted by Crippen LogP contribution is 2.62. The van der Waals surface area contributed by atoms with Crippen molar-refractivity contribution in [3.8, 4) is 0 Å². The minimum absolute atomic E-state index is 0.569. The van der Waals surface area contributed by atoms with Gasteiger partial charge in [0, 0.05) is 0 Å². The van der Waals surface area contributed by atoms with E-state index < -0.39 is 0 Å². The van der Waals surface area contributed by atoms with Gasteiger partial charge >= 0.3 is 0 Å². The van der Waals surface area contributed by atoms with Crippen molar-refractivity contribution in [3.05, 3.63) is 11.6 Å². The normalized spacial score (nSPS) is 39.9. The molecule has 0 aromatic carbocycles. The Hall–Kier alpha value is -0.260. The van der Waals surface area contributed by atoms with E-state index in [4.69, 9.17) is 0 Å². The second-order valence-corrected chi connectivity index (χ2v) is 9.06. The Kier molecular flexibility index (Phi) is 5.27. The molecule has 0 spiro atoms. The summed E-state index contributed by atoms with van der Waals surface area (Å²) in [5.74, 6) is 2.82. The van der Waals surface area contributed by atoms with Crippen LogP contribution in [0.3, 0.4) is 0 Å². The van der Waals surface area contributed by atoms with Crippen LogP contribution in [0.2, 0.25) is 0 Å². The van der Waals surface area contributed by atoms with Crippen molar-refractivity contribution < 1.29 is 0 Å². The van der Waals surface area contributed by atoms with Crippen LogP contribution in [0.15, 0.2) is 11.6 Å². The van der Waals surface area contributed by atoms with Crippen LogP contribution in [0.1, 0.15) is 92.9 Å². The summed E-state index contributed by atoms with van der Waals surface area (Å²) in [4.78, 5) is 0. The molecule has 21 heavy (non-hydrogen) atoms. The third-order valence-corrected chi connectivity index (χ3v) is 7.12. The highest BCUT2D eigenvalue weighted by Gasteiger charge is 2.53. The zero-order valence-corrected chi connectivity index (χ0v) is 15.5. The fourth-order valence-corrected chi connectivity index (χ4v) is 6.06. The first-order chi connectivity index (χ1) is 9.81. The first kappa shape index (κ1) is 17.1. The van der Waals surface area contributed by atoms with E-state index >= 15 is 0 Å². The van der Waals surface area contributed by atoms with E-state index in [9.17, 15) is 0 Å². The Morgan fingerprint density at radius 3 is 2.52 bits per heavy atom. The topological polar surface area (TPSA) is 0 Å². The maximum atomic E-state index is 2.65. The number of fused-ring (bicyclic) bond motifs is 1. The van der Waals surface area contributed by atoms with Gasteiger partial charge in [-0.05, 0) is 74.0 Å². The highest BCUT2D eigenvalue weighted by atomic mass is 14.6. The molecule has 0 bridgehead atoms. The van der Waals surface area contributed by atoms with Gasteiger partial charge in [-0.2, -0.15) is 0 Å². The highest BCUT2D eigenvalue weighted by molar-refractivity contribution is 5.05. The summed E-state index contributed by atoms with van der Waals surface area (Å²) in [6, 6.07) is 0. The summed E-state index contributed by atoms with van der Waals surface area (Å²) >= 11 is 0. The summed E-state index contributed by atoms with van der Waals surface area (Å²) < 4.78 is 0. The first-order valence-electron chi connectivity index (χ1n) is 9.47. The molecular formula is C21H38. The summed E-state index contributed by atoms with van der Waals surface area (Å²) in [7, 11) is 0. The van der Waals surface area contributed by atoms with Gasteiger partial charge in [-0.1, -0.05) is 59.1 Å². The number of rotatable bonds is 4. The van der Waals surface area contributed by atoms with E-state index in [1.54, 1.807) is 5.57 Å². The van der Waals surface area contributed by atoms with Crippen molar-refractivity contribution in [1.82, 2.24) is 0 Å². The van der Waals surface area contributed by atoms with Crippen molar-refractivity contribution in [3.63, 3.8) is 0 Å². The molecule has 3 unspecified atom stereocenters. The van der Waals surface area contributed by atoms with Gasteiger partial charge < -0.3 is 0 Å². The predicted octanol–water partition coefficient (Wildman–Crippen LogP) is 7.00. The van der Waals surface area contributed by atoms with Crippen LogP contribution in [0.25, 0.3) is 0 Å². The number of allylic oxidation sites excluding steroid dienone is 2. The largest absolute Gasteiger partial charge is 0.0859 e. The zero-order valence-electron chi connectivity index (χ0n) is 15.5. The van der Waals surface area contributed by atoms with Crippen molar-refractivity contribution in [2.24, 2.45) is 28.6 Å². The fraction of sp³-hybridized carbons (Fsp3) is 0.905. The molecule has 2 aliphatic carbocycles. The molecule has 2 saturated carbocycles. The van der Waals surface area contributed by atoms with E-state index in [-0.39, 0.29) is 0 Å². The van der Waals surface area contributed by atoms with Crippen LogP contribution < -0.4 is 0 Å². The molecule has 2 aliphatic rings. The average Bonchev–Trinajstić information content (AvgIpc) is 2.37. The van der Waals surface area contributed by atoms with Crippen LogP contribution in [-0.2, 0) is 0 Å². The van der Waals surface area contributed by atoms with Gasteiger partial charge in [0.1, 0.15) is 0 Å². The standard InChI is InChI=1S/C21H38/c1-7-9-16(2)10-12-18-17(3)11-13-19-20(4,5)14-8-15-21(18,19)6/h9,17-19H,7-8,10-15H2,1-6H3/b16-9+/t17?,18?,19?,21-/m1/s1. The van der Waals surface area contributed by atoms with E-state index in [1.807, 2.05) is 0 Å². The minimum atomic E-state index is 0.569.